The Kier molecular flexibility index (Phi) is 6.25. The second-order valence-electron chi connectivity index (χ2n) is 5.95. The molecule has 0 atom stereocenters. The summed E-state index contributed by atoms with van der Waals surface area (Å²) in [4.78, 5) is 11.7. The van der Waals surface area contributed by atoms with Gasteiger partial charge >= 0.3 is 0 Å². The molecule has 0 spiro atoms. The van der Waals surface area contributed by atoms with Gasteiger partial charge in [0.15, 0.2) is 0 Å². The van der Waals surface area contributed by atoms with E-state index < -0.39 is 44.0 Å². The highest BCUT2D eigenvalue weighted by atomic mass is 35.5. The summed E-state index contributed by atoms with van der Waals surface area (Å²) in [6.45, 7) is 0. The van der Waals surface area contributed by atoms with Crippen molar-refractivity contribution in [1.82, 2.24) is 0 Å². The van der Waals surface area contributed by atoms with Gasteiger partial charge in [0.25, 0.3) is 15.9 Å². The summed E-state index contributed by atoms with van der Waals surface area (Å²) in [6.07, 6.45) is 0. The van der Waals surface area contributed by atoms with Crippen molar-refractivity contribution in [2.75, 3.05) is 10.0 Å². The Morgan fingerprint density at radius 2 is 1.50 bits per heavy atom. The fraction of sp³-hybridized carbons (Fsp3) is 0. The summed E-state index contributed by atoms with van der Waals surface area (Å²) >= 11 is 11.7. The van der Waals surface area contributed by atoms with E-state index in [1.807, 2.05) is 4.72 Å². The Morgan fingerprint density at radius 3 is 2.13 bits per heavy atom. The third-order valence-electron chi connectivity index (χ3n) is 3.85. The molecular weight excluding hydrogens is 464 g/mol. The summed E-state index contributed by atoms with van der Waals surface area (Å²) in [5.41, 5.74) is -0.782. The van der Waals surface area contributed by atoms with Gasteiger partial charge < -0.3 is 5.32 Å². The Labute approximate surface area is 179 Å². The molecular formula is C19H11Cl2F3N2O3S. The third-order valence-corrected chi connectivity index (χ3v) is 5.76. The molecule has 0 radical (unpaired) electrons. The molecule has 0 bridgehead atoms. The van der Waals surface area contributed by atoms with E-state index in [4.69, 9.17) is 23.2 Å². The van der Waals surface area contributed by atoms with Crippen molar-refractivity contribution in [3.63, 3.8) is 0 Å². The summed E-state index contributed by atoms with van der Waals surface area (Å²) in [6, 6.07) is 9.03. The van der Waals surface area contributed by atoms with Crippen LogP contribution in [-0.4, -0.2) is 14.3 Å². The summed E-state index contributed by atoms with van der Waals surface area (Å²) < 4.78 is 67.7. The first-order valence-corrected chi connectivity index (χ1v) is 10.3. The molecule has 5 nitrogen and oxygen atoms in total. The van der Waals surface area contributed by atoms with E-state index in [-0.39, 0.29) is 16.3 Å². The molecule has 30 heavy (non-hydrogen) atoms. The number of amides is 1. The second kappa shape index (κ2) is 8.55. The molecule has 0 aliphatic heterocycles. The number of anilines is 2. The van der Waals surface area contributed by atoms with Crippen LogP contribution in [0.4, 0.5) is 24.5 Å². The molecule has 0 aliphatic carbocycles. The molecule has 3 aromatic rings. The number of halogens is 5. The van der Waals surface area contributed by atoms with Gasteiger partial charge in [-0.15, -0.1) is 0 Å². The first-order chi connectivity index (χ1) is 14.1. The van der Waals surface area contributed by atoms with Crippen molar-refractivity contribution in [3.05, 3.63) is 87.7 Å². The Bertz CT molecular complexity index is 1250. The van der Waals surface area contributed by atoms with Gasteiger partial charge in [-0.2, -0.15) is 0 Å². The number of nitrogens with one attached hydrogen (secondary N) is 2. The van der Waals surface area contributed by atoms with E-state index in [9.17, 15) is 26.4 Å². The monoisotopic (exact) mass is 474 g/mol. The van der Waals surface area contributed by atoms with Gasteiger partial charge in [0.1, 0.15) is 17.5 Å². The lowest BCUT2D eigenvalue weighted by Crippen LogP contribution is -2.16. The molecule has 0 saturated heterocycles. The standard InChI is InChI=1S/C19H11Cl2F3N2O3S/c20-10-1-4-13(14(21)7-10)19(27)25-17-6-3-12(9-16(17)24)30(28,29)26-18-5-2-11(22)8-15(18)23/h1-9,26H,(H,25,27). The lowest BCUT2D eigenvalue weighted by Gasteiger charge is -2.11. The van der Waals surface area contributed by atoms with E-state index in [0.29, 0.717) is 17.2 Å². The second-order valence-corrected chi connectivity index (χ2v) is 8.48. The van der Waals surface area contributed by atoms with E-state index in [1.54, 1.807) is 0 Å². The summed E-state index contributed by atoms with van der Waals surface area (Å²) in [7, 11) is -4.38. The average Bonchev–Trinajstić information content (AvgIpc) is 2.65. The number of hydrogen-bond acceptors (Lipinski definition) is 3. The van der Waals surface area contributed by atoms with Gasteiger partial charge in [-0.25, -0.2) is 21.6 Å². The van der Waals surface area contributed by atoms with Gasteiger partial charge in [0, 0.05) is 11.1 Å². The van der Waals surface area contributed by atoms with Crippen molar-refractivity contribution in [3.8, 4) is 0 Å². The molecule has 0 fully saturated rings. The van der Waals surface area contributed by atoms with Crippen LogP contribution in [-0.2, 0) is 10.0 Å². The molecule has 0 unspecified atom stereocenters. The van der Waals surface area contributed by atoms with E-state index in [0.717, 1.165) is 24.3 Å². The maximum atomic E-state index is 14.4. The number of carbonyl (C=O) groups excluding carboxylic acids is 1. The largest absolute Gasteiger partial charge is 0.319 e. The van der Waals surface area contributed by atoms with Crippen LogP contribution in [0.15, 0.2) is 59.5 Å². The van der Waals surface area contributed by atoms with Crippen LogP contribution >= 0.6 is 23.2 Å². The van der Waals surface area contributed by atoms with Crippen LogP contribution in [0.1, 0.15) is 10.4 Å². The number of benzene rings is 3. The number of rotatable bonds is 5. The molecule has 2 N–H and O–H groups in total. The molecule has 3 aromatic carbocycles. The highest BCUT2D eigenvalue weighted by molar-refractivity contribution is 7.92. The average molecular weight is 475 g/mol. The summed E-state index contributed by atoms with van der Waals surface area (Å²) in [5.74, 6) is -3.82. The van der Waals surface area contributed by atoms with Gasteiger partial charge in [-0.1, -0.05) is 23.2 Å². The smallest absolute Gasteiger partial charge is 0.262 e. The van der Waals surface area contributed by atoms with Crippen LogP contribution in [0.2, 0.25) is 10.0 Å². The maximum absolute atomic E-state index is 14.4. The highest BCUT2D eigenvalue weighted by Crippen LogP contribution is 2.25. The minimum atomic E-state index is -4.38. The highest BCUT2D eigenvalue weighted by Gasteiger charge is 2.20. The minimum absolute atomic E-state index is 0.0330. The Hall–Kier alpha value is -2.75. The molecule has 0 aromatic heterocycles. The first kappa shape index (κ1) is 21.9. The first-order valence-electron chi connectivity index (χ1n) is 8.10. The normalized spacial score (nSPS) is 11.2. The molecule has 156 valence electrons. The van der Waals surface area contributed by atoms with Crippen molar-refractivity contribution < 1.29 is 26.4 Å². The lowest BCUT2D eigenvalue weighted by atomic mass is 10.2. The van der Waals surface area contributed by atoms with Crippen LogP contribution in [0, 0.1) is 17.5 Å². The predicted octanol–water partition coefficient (Wildman–Crippen LogP) is 5.46. The van der Waals surface area contributed by atoms with Gasteiger partial charge in [-0.05, 0) is 48.5 Å². The number of carbonyl (C=O) groups is 1. The minimum Gasteiger partial charge on any atom is -0.319 e. The van der Waals surface area contributed by atoms with Crippen LogP contribution in [0.3, 0.4) is 0 Å². The van der Waals surface area contributed by atoms with Crippen molar-refractivity contribution in [1.29, 1.82) is 0 Å². The van der Waals surface area contributed by atoms with Gasteiger partial charge in [0.2, 0.25) is 0 Å². The van der Waals surface area contributed by atoms with Gasteiger partial charge in [-0.3, -0.25) is 9.52 Å². The third kappa shape index (κ3) is 4.86. The number of sulfonamides is 1. The molecule has 3 rings (SSSR count). The molecule has 11 heteroatoms. The van der Waals surface area contributed by atoms with E-state index >= 15 is 0 Å². The van der Waals surface area contributed by atoms with Crippen LogP contribution in [0.25, 0.3) is 0 Å². The number of hydrogen-bond donors (Lipinski definition) is 2. The van der Waals surface area contributed by atoms with Crippen LogP contribution in [0.5, 0.6) is 0 Å². The zero-order valence-corrected chi connectivity index (χ0v) is 17.0. The Morgan fingerprint density at radius 1 is 0.833 bits per heavy atom. The lowest BCUT2D eigenvalue weighted by molar-refractivity contribution is 0.102. The van der Waals surface area contributed by atoms with Crippen molar-refractivity contribution in [2.24, 2.45) is 0 Å². The quantitative estimate of drug-likeness (QED) is 0.515. The maximum Gasteiger partial charge on any atom is 0.262 e. The topological polar surface area (TPSA) is 75.3 Å². The summed E-state index contributed by atoms with van der Waals surface area (Å²) in [5, 5.41) is 2.63. The molecule has 0 heterocycles. The van der Waals surface area contributed by atoms with Crippen molar-refractivity contribution >= 4 is 50.5 Å². The zero-order chi connectivity index (χ0) is 22.1. The van der Waals surface area contributed by atoms with Crippen molar-refractivity contribution in [2.45, 2.75) is 4.90 Å². The van der Waals surface area contributed by atoms with E-state index in [1.165, 1.54) is 18.2 Å². The fourth-order valence-corrected chi connectivity index (χ4v) is 3.98. The fourth-order valence-electron chi connectivity index (χ4n) is 2.40. The molecule has 1 amide bonds. The predicted molar refractivity (Wildman–Crippen MR) is 108 cm³/mol. The molecule has 0 saturated carbocycles. The van der Waals surface area contributed by atoms with Gasteiger partial charge in [0.05, 0.1) is 26.9 Å². The molecule has 0 aliphatic rings. The SMILES string of the molecule is O=C(Nc1ccc(S(=O)(=O)Nc2ccc(F)cc2F)cc1F)c1ccc(Cl)cc1Cl. The van der Waals surface area contributed by atoms with Crippen LogP contribution < -0.4 is 10.0 Å². The Balaban J connectivity index is 1.82. The van der Waals surface area contributed by atoms with E-state index in [2.05, 4.69) is 5.32 Å². The zero-order valence-electron chi connectivity index (χ0n) is 14.7.